The van der Waals surface area contributed by atoms with Gasteiger partial charge >= 0.3 is 0 Å². The Hall–Kier alpha value is -0.0900. The molecule has 1 N–H and O–H groups in total. The minimum Gasteiger partial charge on any atom is -0.316 e. The number of hydrogen-bond donors (Lipinski definition) is 1. The first-order valence-electron chi connectivity index (χ1n) is 6.99. The zero-order valence-electron chi connectivity index (χ0n) is 12.9. The van der Waals surface area contributed by atoms with Crippen LogP contribution in [0, 0.1) is 11.3 Å². The lowest BCUT2D eigenvalue weighted by Crippen LogP contribution is -2.28. The van der Waals surface area contributed by atoms with E-state index in [0.717, 1.165) is 25.9 Å². The molecule has 18 heavy (non-hydrogen) atoms. The highest BCUT2D eigenvalue weighted by molar-refractivity contribution is 7.91. The van der Waals surface area contributed by atoms with Gasteiger partial charge in [-0.3, -0.25) is 0 Å². The Bertz CT molecular complexity index is 319. The van der Waals surface area contributed by atoms with Crippen molar-refractivity contribution in [2.24, 2.45) is 11.3 Å². The van der Waals surface area contributed by atoms with Gasteiger partial charge in [-0.25, -0.2) is 8.42 Å². The van der Waals surface area contributed by atoms with E-state index in [9.17, 15) is 8.42 Å². The molecule has 0 aromatic carbocycles. The van der Waals surface area contributed by atoms with Crippen LogP contribution in [-0.4, -0.2) is 32.5 Å². The lowest BCUT2D eigenvalue weighted by atomic mass is 9.86. The topological polar surface area (TPSA) is 46.2 Å². The van der Waals surface area contributed by atoms with Gasteiger partial charge in [0.15, 0.2) is 9.84 Å². The van der Waals surface area contributed by atoms with Gasteiger partial charge < -0.3 is 5.32 Å². The van der Waals surface area contributed by atoms with Gasteiger partial charge in [-0.15, -0.1) is 0 Å². The van der Waals surface area contributed by atoms with Gasteiger partial charge in [-0.1, -0.05) is 27.7 Å². The molecule has 0 heterocycles. The van der Waals surface area contributed by atoms with Crippen LogP contribution in [0.2, 0.25) is 0 Å². The molecule has 0 saturated heterocycles. The molecule has 0 atom stereocenters. The standard InChI is InChI=1S/C14H31NO2S/c1-12(2)11-15-9-7-14(5,6)8-10-18(16,17)13(3)4/h12-13,15H,7-11H2,1-6H3. The molecule has 0 aliphatic carbocycles. The molecule has 0 spiro atoms. The average Bonchev–Trinajstić information content (AvgIpc) is 2.22. The summed E-state index contributed by atoms with van der Waals surface area (Å²) in [6.07, 6.45) is 1.77. The third-order valence-corrected chi connectivity index (χ3v) is 5.52. The van der Waals surface area contributed by atoms with Crippen LogP contribution in [0.25, 0.3) is 0 Å². The van der Waals surface area contributed by atoms with E-state index in [0.29, 0.717) is 11.7 Å². The smallest absolute Gasteiger partial charge is 0.152 e. The van der Waals surface area contributed by atoms with Gasteiger partial charge in [0, 0.05) is 0 Å². The predicted molar refractivity (Wildman–Crippen MR) is 79.6 cm³/mol. The maximum atomic E-state index is 11.8. The Labute approximate surface area is 114 Å². The lowest BCUT2D eigenvalue weighted by molar-refractivity contribution is 0.313. The Morgan fingerprint density at radius 1 is 1.06 bits per heavy atom. The van der Waals surface area contributed by atoms with E-state index in [1.165, 1.54) is 0 Å². The molecule has 3 nitrogen and oxygen atoms in total. The molecule has 0 aliphatic heterocycles. The number of hydrogen-bond acceptors (Lipinski definition) is 3. The van der Waals surface area contributed by atoms with Gasteiger partial charge in [0.2, 0.25) is 0 Å². The van der Waals surface area contributed by atoms with Crippen molar-refractivity contribution in [3.05, 3.63) is 0 Å². The van der Waals surface area contributed by atoms with Crippen LogP contribution in [-0.2, 0) is 9.84 Å². The summed E-state index contributed by atoms with van der Waals surface area (Å²) < 4.78 is 23.6. The molecule has 0 unspecified atom stereocenters. The average molecular weight is 277 g/mol. The maximum absolute atomic E-state index is 11.8. The molecular formula is C14H31NO2S. The SMILES string of the molecule is CC(C)CNCCC(C)(C)CCS(=O)(=O)C(C)C. The van der Waals surface area contributed by atoms with Crippen LogP contribution in [0.3, 0.4) is 0 Å². The van der Waals surface area contributed by atoms with E-state index < -0.39 is 9.84 Å². The summed E-state index contributed by atoms with van der Waals surface area (Å²) >= 11 is 0. The second kappa shape index (κ2) is 7.49. The summed E-state index contributed by atoms with van der Waals surface area (Å²) in [5.41, 5.74) is 0.0892. The molecule has 0 bridgehead atoms. The Morgan fingerprint density at radius 2 is 1.61 bits per heavy atom. The molecule has 0 radical (unpaired) electrons. The third-order valence-electron chi connectivity index (χ3n) is 3.31. The zero-order valence-corrected chi connectivity index (χ0v) is 13.7. The first-order valence-corrected chi connectivity index (χ1v) is 8.70. The van der Waals surface area contributed by atoms with Crippen molar-refractivity contribution >= 4 is 9.84 Å². The fraction of sp³-hybridized carbons (Fsp3) is 1.00. The summed E-state index contributed by atoms with van der Waals surface area (Å²) in [5.74, 6) is 0.969. The molecule has 0 aliphatic rings. The molecule has 4 heteroatoms. The van der Waals surface area contributed by atoms with E-state index in [1.54, 1.807) is 13.8 Å². The minimum atomic E-state index is -2.90. The minimum absolute atomic E-state index is 0.0892. The van der Waals surface area contributed by atoms with E-state index in [4.69, 9.17) is 0 Å². The van der Waals surface area contributed by atoms with Gasteiger partial charge in [0.1, 0.15) is 0 Å². The highest BCUT2D eigenvalue weighted by Gasteiger charge is 2.23. The summed E-state index contributed by atoms with van der Waals surface area (Å²) in [7, 11) is -2.90. The fourth-order valence-corrected chi connectivity index (χ4v) is 2.91. The van der Waals surface area contributed by atoms with Crippen molar-refractivity contribution in [3.8, 4) is 0 Å². The van der Waals surface area contributed by atoms with Gasteiger partial charge in [-0.2, -0.15) is 0 Å². The summed E-state index contributed by atoms with van der Waals surface area (Å²) in [6, 6.07) is 0. The molecule has 0 fully saturated rings. The molecule has 0 amide bonds. The van der Waals surface area contributed by atoms with Gasteiger partial charge in [-0.05, 0) is 51.1 Å². The summed E-state index contributed by atoms with van der Waals surface area (Å²) in [4.78, 5) is 0. The summed E-state index contributed by atoms with van der Waals surface area (Å²) in [5, 5.41) is 3.15. The van der Waals surface area contributed by atoms with Crippen LogP contribution >= 0.6 is 0 Å². The Balaban J connectivity index is 4.01. The van der Waals surface area contributed by atoms with Crippen molar-refractivity contribution < 1.29 is 8.42 Å². The normalized spacial score (nSPS) is 13.6. The van der Waals surface area contributed by atoms with Crippen LogP contribution in [0.1, 0.15) is 54.4 Å². The largest absolute Gasteiger partial charge is 0.316 e. The van der Waals surface area contributed by atoms with E-state index >= 15 is 0 Å². The first kappa shape index (κ1) is 17.9. The molecule has 0 rings (SSSR count). The van der Waals surface area contributed by atoms with E-state index in [-0.39, 0.29) is 10.7 Å². The van der Waals surface area contributed by atoms with Crippen LogP contribution in [0.5, 0.6) is 0 Å². The van der Waals surface area contributed by atoms with E-state index in [2.05, 4.69) is 33.0 Å². The number of sulfone groups is 1. The molecule has 0 saturated carbocycles. The van der Waals surface area contributed by atoms with Crippen molar-refractivity contribution in [3.63, 3.8) is 0 Å². The monoisotopic (exact) mass is 277 g/mol. The third kappa shape index (κ3) is 8.09. The maximum Gasteiger partial charge on any atom is 0.152 e. The number of rotatable bonds is 9. The van der Waals surface area contributed by atoms with E-state index in [1.807, 2.05) is 0 Å². The van der Waals surface area contributed by atoms with Crippen LogP contribution < -0.4 is 5.32 Å². The molecule has 0 aromatic rings. The van der Waals surface area contributed by atoms with Gasteiger partial charge in [0.05, 0.1) is 11.0 Å². The fourth-order valence-electron chi connectivity index (χ4n) is 1.60. The molecule has 0 aromatic heterocycles. The molecular weight excluding hydrogens is 246 g/mol. The highest BCUT2D eigenvalue weighted by atomic mass is 32.2. The van der Waals surface area contributed by atoms with Crippen molar-refractivity contribution in [2.75, 3.05) is 18.8 Å². The van der Waals surface area contributed by atoms with Crippen molar-refractivity contribution in [2.45, 2.75) is 59.6 Å². The molecule has 110 valence electrons. The van der Waals surface area contributed by atoms with Crippen LogP contribution in [0.4, 0.5) is 0 Å². The quantitative estimate of drug-likeness (QED) is 0.659. The Kier molecular flexibility index (Phi) is 7.45. The summed E-state index contributed by atoms with van der Waals surface area (Å²) in [6.45, 7) is 14.2. The van der Waals surface area contributed by atoms with Gasteiger partial charge in [0.25, 0.3) is 0 Å². The number of nitrogens with one attached hydrogen (secondary N) is 1. The first-order chi connectivity index (χ1) is 8.07. The zero-order chi connectivity index (χ0) is 14.4. The second-order valence-electron chi connectivity index (χ2n) is 6.68. The predicted octanol–water partition coefficient (Wildman–Crippen LogP) is 2.86. The van der Waals surface area contributed by atoms with Crippen molar-refractivity contribution in [1.29, 1.82) is 0 Å². The second-order valence-corrected chi connectivity index (χ2v) is 9.35. The van der Waals surface area contributed by atoms with Crippen molar-refractivity contribution in [1.82, 2.24) is 5.32 Å². The van der Waals surface area contributed by atoms with Crippen LogP contribution in [0.15, 0.2) is 0 Å². The highest BCUT2D eigenvalue weighted by Crippen LogP contribution is 2.25. The lowest BCUT2D eigenvalue weighted by Gasteiger charge is -2.25. The Morgan fingerprint density at radius 3 is 2.06 bits per heavy atom.